The van der Waals surface area contributed by atoms with Gasteiger partial charge in [0.2, 0.25) is 0 Å². The van der Waals surface area contributed by atoms with E-state index in [1.54, 1.807) is 0 Å². The van der Waals surface area contributed by atoms with Crippen LogP contribution in [0.2, 0.25) is 0 Å². The molecule has 1 N–H and O–H groups in total. The van der Waals surface area contributed by atoms with Crippen molar-refractivity contribution in [2.24, 2.45) is 0 Å². The van der Waals surface area contributed by atoms with Crippen LogP contribution in [0.15, 0.2) is 53.0 Å². The number of rotatable bonds is 5. The van der Waals surface area contributed by atoms with Crippen molar-refractivity contribution >= 4 is 22.0 Å². The van der Waals surface area contributed by atoms with E-state index < -0.39 is 5.60 Å². The second kappa shape index (κ2) is 8.85. The van der Waals surface area contributed by atoms with Gasteiger partial charge in [-0.2, -0.15) is 0 Å². The second-order valence-corrected chi connectivity index (χ2v) is 10.2. The highest BCUT2D eigenvalue weighted by atomic mass is 127. The Morgan fingerprint density at radius 3 is 2.46 bits per heavy atom. The molecule has 0 spiro atoms. The van der Waals surface area contributed by atoms with Crippen molar-refractivity contribution < 1.29 is 30.7 Å². The van der Waals surface area contributed by atoms with Gasteiger partial charge >= 0.3 is 27.3 Å². The zero-order valence-corrected chi connectivity index (χ0v) is 17.8. The molecule has 1 amide bonds. The molecule has 0 fully saturated rings. The van der Waals surface area contributed by atoms with Crippen LogP contribution in [0.3, 0.4) is 0 Å². The number of halogens is 2. The number of amides is 1. The molecule has 2 rings (SSSR count). The fraction of sp³-hybridized carbons (Fsp3) is 0.316. The van der Waals surface area contributed by atoms with Crippen molar-refractivity contribution in [2.75, 3.05) is 6.54 Å². The molecule has 0 atom stereocenters. The number of alkyl carbamates (subject to hydrolysis) is 1. The molecule has 2 aromatic carbocycles. The van der Waals surface area contributed by atoms with E-state index in [0.29, 0.717) is 6.54 Å². The SMILES string of the molecule is CC(C)(C)OC(=O)NCCc1ccccc1[I+]c1ccc(Br)cc1. The summed E-state index contributed by atoms with van der Waals surface area (Å²) < 4.78 is 9.14. The number of hydrogen-bond acceptors (Lipinski definition) is 2. The van der Waals surface area contributed by atoms with Gasteiger partial charge in [-0.3, -0.25) is 0 Å². The highest BCUT2D eigenvalue weighted by Gasteiger charge is 2.20. The predicted molar refractivity (Wildman–Crippen MR) is 95.9 cm³/mol. The first-order valence-electron chi connectivity index (χ1n) is 7.79. The average molecular weight is 503 g/mol. The van der Waals surface area contributed by atoms with Gasteiger partial charge in [-0.25, -0.2) is 4.79 Å². The van der Waals surface area contributed by atoms with Crippen molar-refractivity contribution in [1.29, 1.82) is 0 Å². The van der Waals surface area contributed by atoms with Crippen LogP contribution in [-0.4, -0.2) is 18.2 Å². The van der Waals surface area contributed by atoms with Crippen molar-refractivity contribution in [1.82, 2.24) is 5.32 Å². The number of carbonyl (C=O) groups is 1. The zero-order chi connectivity index (χ0) is 17.6. The maximum Gasteiger partial charge on any atom is 0.407 e. The van der Waals surface area contributed by atoms with E-state index in [2.05, 4.69) is 69.8 Å². The molecule has 0 radical (unpaired) electrons. The van der Waals surface area contributed by atoms with Crippen molar-refractivity contribution in [3.05, 3.63) is 65.7 Å². The minimum absolute atomic E-state index is 0.227. The molecule has 0 aliphatic rings. The highest BCUT2D eigenvalue weighted by Crippen LogP contribution is 2.07. The lowest BCUT2D eigenvalue weighted by Gasteiger charge is -2.19. The molecular formula is C19H22BrINO2+. The van der Waals surface area contributed by atoms with Gasteiger partial charge in [0.25, 0.3) is 0 Å². The largest absolute Gasteiger partial charge is 0.444 e. The van der Waals surface area contributed by atoms with Crippen molar-refractivity contribution in [3.63, 3.8) is 0 Å². The van der Waals surface area contributed by atoms with Gasteiger partial charge in [-0.05, 0) is 57.5 Å². The Labute approximate surface area is 162 Å². The Bertz CT molecular complexity index is 681. The molecule has 24 heavy (non-hydrogen) atoms. The highest BCUT2D eigenvalue weighted by molar-refractivity contribution is 9.10. The standard InChI is InChI=1S/C19H21BrINO2/c1-19(2,3)24-18(23)22-13-12-14-6-4-5-7-17(14)21-16-10-8-15(20)9-11-16/h4-11H,12-13H2,1-3H3/p+1. The molecule has 128 valence electrons. The molecule has 2 aromatic rings. The van der Waals surface area contributed by atoms with Gasteiger partial charge in [0.1, 0.15) is 5.60 Å². The van der Waals surface area contributed by atoms with E-state index in [4.69, 9.17) is 4.74 Å². The van der Waals surface area contributed by atoms with Gasteiger partial charge in [-0.1, -0.05) is 34.1 Å². The van der Waals surface area contributed by atoms with Crippen LogP contribution in [0.4, 0.5) is 4.79 Å². The zero-order valence-electron chi connectivity index (χ0n) is 14.1. The molecule has 0 aliphatic carbocycles. The van der Waals surface area contributed by atoms with Crippen LogP contribution in [0.1, 0.15) is 26.3 Å². The van der Waals surface area contributed by atoms with Crippen LogP contribution in [0, 0.1) is 7.14 Å². The lowest BCUT2D eigenvalue weighted by Crippen LogP contribution is -3.61. The van der Waals surface area contributed by atoms with Crippen LogP contribution in [0.5, 0.6) is 0 Å². The summed E-state index contributed by atoms with van der Waals surface area (Å²) in [5.41, 5.74) is 0.832. The first-order chi connectivity index (χ1) is 11.3. The molecular weight excluding hydrogens is 481 g/mol. The van der Waals surface area contributed by atoms with Crippen molar-refractivity contribution in [2.45, 2.75) is 32.8 Å². The minimum atomic E-state index is -0.463. The second-order valence-electron chi connectivity index (χ2n) is 6.30. The number of carbonyl (C=O) groups excluding carboxylic acids is 1. The third-order valence-electron chi connectivity index (χ3n) is 3.03. The fourth-order valence-electron chi connectivity index (χ4n) is 2.02. The lowest BCUT2D eigenvalue weighted by molar-refractivity contribution is -0.598. The first-order valence-corrected chi connectivity index (χ1v) is 10.7. The number of nitrogens with one attached hydrogen (secondary N) is 1. The normalized spacial score (nSPS) is 11.2. The summed E-state index contributed by atoms with van der Waals surface area (Å²) in [7, 11) is 0. The summed E-state index contributed by atoms with van der Waals surface area (Å²) in [6.07, 6.45) is 0.452. The Kier molecular flexibility index (Phi) is 7.10. The van der Waals surface area contributed by atoms with Gasteiger partial charge in [0.05, 0.1) is 0 Å². The summed E-state index contributed by atoms with van der Waals surface area (Å²) in [4.78, 5) is 11.7. The third kappa shape index (κ3) is 6.81. The molecule has 0 saturated heterocycles. The summed E-state index contributed by atoms with van der Waals surface area (Å²) in [6, 6.07) is 17.0. The summed E-state index contributed by atoms with van der Waals surface area (Å²) >= 11 is 3.25. The summed E-state index contributed by atoms with van der Waals surface area (Å²) in [5, 5.41) is 2.83. The van der Waals surface area contributed by atoms with Crippen molar-refractivity contribution in [3.8, 4) is 0 Å². The minimum Gasteiger partial charge on any atom is -0.444 e. The van der Waals surface area contributed by atoms with Crippen LogP contribution >= 0.6 is 15.9 Å². The molecule has 3 nitrogen and oxygen atoms in total. The molecule has 5 heteroatoms. The Balaban J connectivity index is 1.94. The lowest BCUT2D eigenvalue weighted by atomic mass is 10.1. The molecule has 0 heterocycles. The Morgan fingerprint density at radius 1 is 1.12 bits per heavy atom. The van der Waals surface area contributed by atoms with E-state index in [0.717, 1.165) is 10.9 Å². The number of hydrogen-bond donors (Lipinski definition) is 1. The van der Waals surface area contributed by atoms with E-state index in [9.17, 15) is 4.79 Å². The molecule has 0 unspecified atom stereocenters. The average Bonchev–Trinajstić information content (AvgIpc) is 2.49. The molecule has 0 saturated carbocycles. The van der Waals surface area contributed by atoms with Gasteiger partial charge in [0, 0.05) is 16.6 Å². The summed E-state index contributed by atoms with van der Waals surface area (Å²) in [5.74, 6) is 0. The quantitative estimate of drug-likeness (QED) is 0.631. The predicted octanol–water partition coefficient (Wildman–Crippen LogP) is 1.64. The molecule has 0 bridgehead atoms. The number of benzene rings is 2. The third-order valence-corrected chi connectivity index (χ3v) is 6.54. The van der Waals surface area contributed by atoms with E-state index in [1.807, 2.05) is 20.8 Å². The Hall–Kier alpha value is -1.08. The van der Waals surface area contributed by atoms with E-state index in [1.165, 1.54) is 12.7 Å². The monoisotopic (exact) mass is 502 g/mol. The molecule has 0 aromatic heterocycles. The fourth-order valence-corrected chi connectivity index (χ4v) is 4.85. The topological polar surface area (TPSA) is 38.3 Å². The van der Waals surface area contributed by atoms with E-state index >= 15 is 0 Å². The maximum atomic E-state index is 11.7. The maximum absolute atomic E-state index is 11.7. The van der Waals surface area contributed by atoms with E-state index in [-0.39, 0.29) is 27.3 Å². The van der Waals surface area contributed by atoms with Crippen LogP contribution < -0.4 is 26.5 Å². The van der Waals surface area contributed by atoms with Crippen LogP contribution in [-0.2, 0) is 11.2 Å². The Morgan fingerprint density at radius 2 is 1.79 bits per heavy atom. The molecule has 0 aliphatic heterocycles. The smallest absolute Gasteiger partial charge is 0.407 e. The first kappa shape index (κ1) is 19.2. The summed E-state index contributed by atoms with van der Waals surface area (Å²) in [6.45, 7) is 6.18. The van der Waals surface area contributed by atoms with Gasteiger partial charge in [-0.15, -0.1) is 0 Å². The van der Waals surface area contributed by atoms with Gasteiger partial charge < -0.3 is 10.1 Å². The van der Waals surface area contributed by atoms with Gasteiger partial charge in [0.15, 0.2) is 7.14 Å². The number of ether oxygens (including phenoxy) is 1. The van der Waals surface area contributed by atoms with Crippen LogP contribution in [0.25, 0.3) is 0 Å².